The zero-order chi connectivity index (χ0) is 17.1. The molecule has 0 spiro atoms. The van der Waals surface area contributed by atoms with Crippen molar-refractivity contribution >= 4 is 0 Å². The first-order valence-corrected chi connectivity index (χ1v) is 8.31. The summed E-state index contributed by atoms with van der Waals surface area (Å²) in [6, 6.07) is 7.93. The van der Waals surface area contributed by atoms with Crippen LogP contribution in [0.5, 0.6) is 5.75 Å². The fraction of sp³-hybridized carbons (Fsp3) is 0.529. The predicted molar refractivity (Wildman–Crippen MR) is 90.1 cm³/mol. The number of ether oxygens (including phenoxy) is 1. The smallest absolute Gasteiger partial charge is 0.345 e. The first-order valence-electron chi connectivity index (χ1n) is 8.31. The Balaban J connectivity index is 1.50. The molecule has 130 valence electrons. The van der Waals surface area contributed by atoms with Gasteiger partial charge in [-0.25, -0.2) is 9.48 Å². The molecule has 1 unspecified atom stereocenters. The number of aliphatic hydroxyl groups excluding tert-OH is 1. The third-order valence-corrected chi connectivity index (χ3v) is 4.33. The van der Waals surface area contributed by atoms with Gasteiger partial charge in [0, 0.05) is 26.7 Å². The molecule has 1 aliphatic rings. The number of aryl methyl sites for hydroxylation is 2. The second-order valence-electron chi connectivity index (χ2n) is 6.17. The van der Waals surface area contributed by atoms with Gasteiger partial charge in [-0.3, -0.25) is 9.47 Å². The van der Waals surface area contributed by atoms with Crippen LogP contribution in [0.25, 0.3) is 0 Å². The highest BCUT2D eigenvalue weighted by molar-refractivity contribution is 5.27. The van der Waals surface area contributed by atoms with Crippen LogP contribution >= 0.6 is 0 Å². The van der Waals surface area contributed by atoms with E-state index in [0.29, 0.717) is 19.6 Å². The van der Waals surface area contributed by atoms with Crippen molar-refractivity contribution < 1.29 is 9.84 Å². The lowest BCUT2D eigenvalue weighted by Gasteiger charge is -2.28. The van der Waals surface area contributed by atoms with Gasteiger partial charge in [0.1, 0.15) is 24.3 Å². The fourth-order valence-corrected chi connectivity index (χ4v) is 2.94. The first-order chi connectivity index (χ1) is 11.6. The van der Waals surface area contributed by atoms with Crippen LogP contribution in [0.4, 0.5) is 0 Å². The average molecular weight is 332 g/mol. The number of hydrogen-bond acceptors (Lipinski definition) is 5. The standard InChI is InChI=1S/C17H24N4O3/c1-3-13-4-6-15(7-5-13)24-12-14(22)10-20-8-9-21-16(11-20)18-19(2)17(21)23/h4-7,14,22H,3,8-12H2,1-2H3. The third-order valence-electron chi connectivity index (χ3n) is 4.33. The second kappa shape index (κ2) is 7.19. The zero-order valence-corrected chi connectivity index (χ0v) is 14.2. The van der Waals surface area contributed by atoms with Gasteiger partial charge < -0.3 is 9.84 Å². The van der Waals surface area contributed by atoms with Crippen LogP contribution in [0.1, 0.15) is 18.3 Å². The second-order valence-corrected chi connectivity index (χ2v) is 6.17. The van der Waals surface area contributed by atoms with Crippen LogP contribution < -0.4 is 10.4 Å². The average Bonchev–Trinajstić information content (AvgIpc) is 2.87. The molecular formula is C17H24N4O3. The molecule has 1 aromatic heterocycles. The maximum atomic E-state index is 11.8. The fourth-order valence-electron chi connectivity index (χ4n) is 2.94. The number of aliphatic hydroxyl groups is 1. The molecule has 1 atom stereocenters. The summed E-state index contributed by atoms with van der Waals surface area (Å²) in [5.74, 6) is 1.51. The van der Waals surface area contributed by atoms with Crippen LogP contribution in [0, 0.1) is 0 Å². The van der Waals surface area contributed by atoms with Gasteiger partial charge in [0.05, 0.1) is 6.54 Å². The van der Waals surface area contributed by atoms with Crippen molar-refractivity contribution in [3.63, 3.8) is 0 Å². The summed E-state index contributed by atoms with van der Waals surface area (Å²) in [6.07, 6.45) is 0.411. The SMILES string of the molecule is CCc1ccc(OCC(O)CN2CCn3c(nn(C)c3=O)C2)cc1. The van der Waals surface area contributed by atoms with Crippen LogP contribution in [0.3, 0.4) is 0 Å². The quantitative estimate of drug-likeness (QED) is 0.829. The van der Waals surface area contributed by atoms with Crippen molar-refractivity contribution in [1.82, 2.24) is 19.2 Å². The van der Waals surface area contributed by atoms with Gasteiger partial charge in [-0.1, -0.05) is 19.1 Å². The predicted octanol–water partition coefficient (Wildman–Crippen LogP) is 0.400. The van der Waals surface area contributed by atoms with Crippen molar-refractivity contribution in [3.05, 3.63) is 46.1 Å². The number of hydrogen-bond donors (Lipinski definition) is 1. The number of aromatic nitrogens is 3. The van der Waals surface area contributed by atoms with Gasteiger partial charge in [0.2, 0.25) is 0 Å². The molecule has 2 aromatic rings. The van der Waals surface area contributed by atoms with Crippen LogP contribution in [-0.2, 0) is 26.6 Å². The van der Waals surface area contributed by atoms with E-state index in [1.807, 2.05) is 24.3 Å². The molecular weight excluding hydrogens is 308 g/mol. The largest absolute Gasteiger partial charge is 0.491 e. The molecule has 0 saturated carbocycles. The number of rotatable bonds is 6. The number of fused-ring (bicyclic) bond motifs is 1. The van der Waals surface area contributed by atoms with Gasteiger partial charge in [-0.2, -0.15) is 5.10 Å². The van der Waals surface area contributed by atoms with Gasteiger partial charge >= 0.3 is 5.69 Å². The van der Waals surface area contributed by atoms with Crippen molar-refractivity contribution in [2.45, 2.75) is 32.5 Å². The molecule has 0 bridgehead atoms. The summed E-state index contributed by atoms with van der Waals surface area (Å²) in [5.41, 5.74) is 1.18. The Bertz CT molecular complexity index is 735. The van der Waals surface area contributed by atoms with E-state index in [4.69, 9.17) is 4.74 Å². The molecule has 24 heavy (non-hydrogen) atoms. The summed E-state index contributed by atoms with van der Waals surface area (Å²) in [6.45, 7) is 4.75. The highest BCUT2D eigenvalue weighted by atomic mass is 16.5. The minimum absolute atomic E-state index is 0.0796. The molecule has 0 saturated heterocycles. The highest BCUT2D eigenvalue weighted by Gasteiger charge is 2.22. The minimum Gasteiger partial charge on any atom is -0.491 e. The molecule has 0 fully saturated rings. The Morgan fingerprint density at radius 3 is 2.75 bits per heavy atom. The molecule has 7 nitrogen and oxygen atoms in total. The molecule has 0 radical (unpaired) electrons. The maximum Gasteiger partial charge on any atom is 0.345 e. The Morgan fingerprint density at radius 2 is 2.04 bits per heavy atom. The lowest BCUT2D eigenvalue weighted by atomic mass is 10.2. The van der Waals surface area contributed by atoms with Gasteiger partial charge in [-0.15, -0.1) is 0 Å². The zero-order valence-electron chi connectivity index (χ0n) is 14.2. The van der Waals surface area contributed by atoms with E-state index in [1.54, 1.807) is 11.6 Å². The van der Waals surface area contributed by atoms with Crippen molar-refractivity contribution in [2.24, 2.45) is 7.05 Å². The maximum absolute atomic E-state index is 11.8. The Morgan fingerprint density at radius 1 is 1.29 bits per heavy atom. The van der Waals surface area contributed by atoms with E-state index in [2.05, 4.69) is 16.9 Å². The number of nitrogens with zero attached hydrogens (tertiary/aromatic N) is 4. The van der Waals surface area contributed by atoms with Crippen LogP contribution in [0.2, 0.25) is 0 Å². The lowest BCUT2D eigenvalue weighted by molar-refractivity contribution is 0.0581. The summed E-state index contributed by atoms with van der Waals surface area (Å²) >= 11 is 0. The van der Waals surface area contributed by atoms with E-state index in [1.165, 1.54) is 10.2 Å². The molecule has 3 rings (SSSR count). The van der Waals surface area contributed by atoms with Crippen molar-refractivity contribution in [3.8, 4) is 5.75 Å². The monoisotopic (exact) mass is 332 g/mol. The van der Waals surface area contributed by atoms with Crippen LogP contribution in [0.15, 0.2) is 29.1 Å². The highest BCUT2D eigenvalue weighted by Crippen LogP contribution is 2.13. The molecule has 1 aliphatic heterocycles. The molecule has 1 N–H and O–H groups in total. The Labute approximate surface area is 141 Å². The van der Waals surface area contributed by atoms with Crippen molar-refractivity contribution in [1.29, 1.82) is 0 Å². The van der Waals surface area contributed by atoms with Gasteiger partial charge in [-0.05, 0) is 24.1 Å². The van der Waals surface area contributed by atoms with E-state index in [9.17, 15) is 9.90 Å². The first kappa shape index (κ1) is 16.7. The number of benzene rings is 1. The van der Waals surface area contributed by atoms with Gasteiger partial charge in [0.15, 0.2) is 0 Å². The summed E-state index contributed by atoms with van der Waals surface area (Å²) in [5, 5.41) is 14.4. The molecule has 1 aromatic carbocycles. The third kappa shape index (κ3) is 3.68. The van der Waals surface area contributed by atoms with E-state index in [-0.39, 0.29) is 12.3 Å². The van der Waals surface area contributed by atoms with E-state index >= 15 is 0 Å². The normalized spacial score (nSPS) is 16.0. The molecule has 0 amide bonds. The summed E-state index contributed by atoms with van der Waals surface area (Å²) in [7, 11) is 1.66. The van der Waals surface area contributed by atoms with Gasteiger partial charge in [0.25, 0.3) is 0 Å². The molecule has 2 heterocycles. The Hall–Kier alpha value is -2.12. The number of β-amino-alcohol motifs (C(OH)–C–C–N with tert-alkyl or cyclic N) is 1. The van der Waals surface area contributed by atoms with E-state index in [0.717, 1.165) is 24.5 Å². The lowest BCUT2D eigenvalue weighted by Crippen LogP contribution is -2.42. The Kier molecular flexibility index (Phi) is 5.01. The minimum atomic E-state index is -0.585. The summed E-state index contributed by atoms with van der Waals surface area (Å²) < 4.78 is 8.70. The van der Waals surface area contributed by atoms with E-state index < -0.39 is 6.10 Å². The van der Waals surface area contributed by atoms with Crippen LogP contribution in [-0.4, -0.2) is 50.2 Å². The van der Waals surface area contributed by atoms with Crippen molar-refractivity contribution in [2.75, 3.05) is 19.7 Å². The topological polar surface area (TPSA) is 72.5 Å². The molecule has 7 heteroatoms. The summed E-state index contributed by atoms with van der Waals surface area (Å²) in [4.78, 5) is 13.9. The molecule has 0 aliphatic carbocycles.